The van der Waals surface area contributed by atoms with Gasteiger partial charge in [0.1, 0.15) is 5.75 Å². The second-order valence-corrected chi connectivity index (χ2v) is 4.46. The van der Waals surface area contributed by atoms with Gasteiger partial charge in [0.2, 0.25) is 0 Å². The monoisotopic (exact) mass is 252 g/mol. The fraction of sp³-hybridized carbons (Fsp3) is 0.462. The van der Waals surface area contributed by atoms with Gasteiger partial charge in [-0.25, -0.2) is 0 Å². The zero-order valence-corrected chi connectivity index (χ0v) is 10.5. The quantitative estimate of drug-likeness (QED) is 0.346. The summed E-state index contributed by atoms with van der Waals surface area (Å²) in [7, 11) is 0. The summed E-state index contributed by atoms with van der Waals surface area (Å²) in [4.78, 5) is 11.7. The number of nitrogens with one attached hydrogen (secondary N) is 1. The van der Waals surface area contributed by atoms with Crippen LogP contribution in [0.25, 0.3) is 0 Å². The van der Waals surface area contributed by atoms with Gasteiger partial charge in [-0.1, -0.05) is 6.92 Å². The number of nitrogen functional groups attached to an aromatic ring is 1. The summed E-state index contributed by atoms with van der Waals surface area (Å²) in [6.07, 6.45) is 1.68. The molecule has 0 spiro atoms. The molecular formula is C13H20N2O3. The van der Waals surface area contributed by atoms with E-state index in [-0.39, 0.29) is 29.9 Å². The van der Waals surface area contributed by atoms with Gasteiger partial charge in [-0.2, -0.15) is 0 Å². The number of carbonyl (C=O) groups is 1. The molecule has 0 aliphatic rings. The van der Waals surface area contributed by atoms with Crippen LogP contribution in [0.1, 0.15) is 30.1 Å². The van der Waals surface area contributed by atoms with Crippen molar-refractivity contribution < 1.29 is 15.0 Å². The van der Waals surface area contributed by atoms with E-state index in [1.807, 2.05) is 6.92 Å². The van der Waals surface area contributed by atoms with Gasteiger partial charge in [-0.3, -0.25) is 4.79 Å². The Kier molecular flexibility index (Phi) is 5.45. The van der Waals surface area contributed by atoms with Crippen molar-refractivity contribution in [1.29, 1.82) is 0 Å². The Balaban J connectivity index is 2.39. The molecular weight excluding hydrogens is 232 g/mol. The number of hydrogen-bond donors (Lipinski definition) is 4. The number of hydrogen-bond acceptors (Lipinski definition) is 4. The van der Waals surface area contributed by atoms with Crippen molar-refractivity contribution in [3.05, 3.63) is 23.8 Å². The van der Waals surface area contributed by atoms with Crippen molar-refractivity contribution >= 4 is 11.6 Å². The summed E-state index contributed by atoms with van der Waals surface area (Å²) in [5.74, 6) is -0.0685. The lowest BCUT2D eigenvalue weighted by atomic mass is 10.1. The van der Waals surface area contributed by atoms with E-state index < -0.39 is 0 Å². The van der Waals surface area contributed by atoms with Gasteiger partial charge in [0, 0.05) is 18.7 Å². The lowest BCUT2D eigenvalue weighted by molar-refractivity contribution is 0.0951. The number of nitrogens with two attached hydrogens (primary N) is 1. The fourth-order valence-electron chi connectivity index (χ4n) is 1.53. The zero-order chi connectivity index (χ0) is 13.5. The Morgan fingerprint density at radius 1 is 1.50 bits per heavy atom. The topological polar surface area (TPSA) is 95.6 Å². The second kappa shape index (κ2) is 6.86. The van der Waals surface area contributed by atoms with Crippen molar-refractivity contribution in [3.63, 3.8) is 0 Å². The number of anilines is 1. The first kappa shape index (κ1) is 14.3. The predicted molar refractivity (Wildman–Crippen MR) is 70.3 cm³/mol. The maximum Gasteiger partial charge on any atom is 0.251 e. The molecule has 1 amide bonds. The molecule has 0 radical (unpaired) electrons. The van der Waals surface area contributed by atoms with Gasteiger partial charge in [0.15, 0.2) is 0 Å². The van der Waals surface area contributed by atoms with Gasteiger partial charge in [-0.15, -0.1) is 0 Å². The molecule has 18 heavy (non-hydrogen) atoms. The number of benzene rings is 1. The van der Waals surface area contributed by atoms with E-state index in [2.05, 4.69) is 5.32 Å². The lowest BCUT2D eigenvalue weighted by Crippen LogP contribution is -2.24. The first-order chi connectivity index (χ1) is 8.54. The van der Waals surface area contributed by atoms with E-state index in [0.717, 1.165) is 12.8 Å². The number of aliphatic hydroxyl groups excluding tert-OH is 1. The Labute approximate surface area is 107 Å². The minimum atomic E-state index is -0.234. The van der Waals surface area contributed by atoms with Crippen molar-refractivity contribution in [2.24, 2.45) is 5.92 Å². The maximum atomic E-state index is 11.7. The maximum absolute atomic E-state index is 11.7. The minimum absolute atomic E-state index is 0.0865. The summed E-state index contributed by atoms with van der Waals surface area (Å²) in [5, 5.41) is 21.0. The second-order valence-electron chi connectivity index (χ2n) is 4.46. The first-order valence-electron chi connectivity index (χ1n) is 6.02. The number of aromatic hydroxyl groups is 1. The Morgan fingerprint density at radius 3 is 2.83 bits per heavy atom. The zero-order valence-electron chi connectivity index (χ0n) is 10.5. The summed E-state index contributed by atoms with van der Waals surface area (Å²) < 4.78 is 0. The van der Waals surface area contributed by atoms with Crippen LogP contribution in [0, 0.1) is 5.92 Å². The normalized spacial score (nSPS) is 12.1. The van der Waals surface area contributed by atoms with Gasteiger partial charge >= 0.3 is 0 Å². The third-order valence-electron chi connectivity index (χ3n) is 2.76. The Hall–Kier alpha value is -1.75. The van der Waals surface area contributed by atoms with Crippen molar-refractivity contribution in [2.45, 2.75) is 19.8 Å². The molecule has 1 aromatic rings. The van der Waals surface area contributed by atoms with Crippen LogP contribution in [-0.2, 0) is 0 Å². The lowest BCUT2D eigenvalue weighted by Gasteiger charge is -2.09. The minimum Gasteiger partial charge on any atom is -0.506 e. The largest absolute Gasteiger partial charge is 0.506 e. The SMILES string of the molecule is CC(CO)CCCNC(=O)c1ccc(N)c(O)c1. The van der Waals surface area contributed by atoms with Gasteiger partial charge in [0.25, 0.3) is 5.91 Å². The van der Waals surface area contributed by atoms with Gasteiger partial charge in [0.05, 0.1) is 5.69 Å². The third kappa shape index (κ3) is 4.25. The molecule has 0 aromatic heterocycles. The number of aliphatic hydroxyl groups is 1. The van der Waals surface area contributed by atoms with Crippen LogP contribution in [-0.4, -0.2) is 29.3 Å². The highest BCUT2D eigenvalue weighted by Gasteiger charge is 2.07. The number of phenols is 1. The fourth-order valence-corrected chi connectivity index (χ4v) is 1.53. The molecule has 0 fully saturated rings. The summed E-state index contributed by atoms with van der Waals surface area (Å²) in [5.41, 5.74) is 6.09. The van der Waals surface area contributed by atoms with Crippen LogP contribution >= 0.6 is 0 Å². The molecule has 5 nitrogen and oxygen atoms in total. The third-order valence-corrected chi connectivity index (χ3v) is 2.76. The van der Waals surface area contributed by atoms with Crippen LogP contribution in [0.3, 0.4) is 0 Å². The standard InChI is InChI=1S/C13H20N2O3/c1-9(8-16)3-2-6-15-13(18)10-4-5-11(14)12(17)7-10/h4-5,7,9,16-17H,2-3,6,8,14H2,1H3,(H,15,18). The molecule has 0 saturated carbocycles. The van der Waals surface area contributed by atoms with Gasteiger partial charge in [-0.05, 0) is 37.0 Å². The average molecular weight is 252 g/mol. The predicted octanol–water partition coefficient (Wildman–Crippen LogP) is 1.11. The number of carbonyl (C=O) groups excluding carboxylic acids is 1. The summed E-state index contributed by atoms with van der Waals surface area (Å²) in [6.45, 7) is 2.67. The van der Waals surface area contributed by atoms with Crippen molar-refractivity contribution in [3.8, 4) is 5.75 Å². The van der Waals surface area contributed by atoms with Crippen LogP contribution in [0.4, 0.5) is 5.69 Å². The van der Waals surface area contributed by atoms with Crippen molar-refractivity contribution in [1.82, 2.24) is 5.32 Å². The van der Waals surface area contributed by atoms with E-state index in [0.29, 0.717) is 12.1 Å². The molecule has 1 atom stereocenters. The van der Waals surface area contributed by atoms with Crippen LogP contribution in [0.2, 0.25) is 0 Å². The molecule has 0 saturated heterocycles. The van der Waals surface area contributed by atoms with E-state index >= 15 is 0 Å². The highest BCUT2D eigenvalue weighted by Crippen LogP contribution is 2.20. The molecule has 1 aromatic carbocycles. The molecule has 5 heteroatoms. The highest BCUT2D eigenvalue weighted by molar-refractivity contribution is 5.95. The first-order valence-corrected chi connectivity index (χ1v) is 6.02. The number of phenolic OH excluding ortho intramolecular Hbond substituents is 1. The summed E-state index contributed by atoms with van der Waals surface area (Å²) >= 11 is 0. The molecule has 1 rings (SSSR count). The molecule has 0 heterocycles. The summed E-state index contributed by atoms with van der Waals surface area (Å²) in [6, 6.07) is 4.42. The average Bonchev–Trinajstić information content (AvgIpc) is 2.37. The smallest absolute Gasteiger partial charge is 0.251 e. The van der Waals surface area contributed by atoms with Gasteiger partial charge < -0.3 is 21.3 Å². The molecule has 1 unspecified atom stereocenters. The number of rotatable bonds is 6. The van der Waals surface area contributed by atoms with E-state index in [4.69, 9.17) is 10.8 Å². The molecule has 5 N–H and O–H groups in total. The van der Waals surface area contributed by atoms with E-state index in [9.17, 15) is 9.90 Å². The molecule has 0 bridgehead atoms. The van der Waals surface area contributed by atoms with Crippen LogP contribution < -0.4 is 11.1 Å². The Morgan fingerprint density at radius 2 is 2.22 bits per heavy atom. The van der Waals surface area contributed by atoms with E-state index in [1.54, 1.807) is 6.07 Å². The molecule has 0 aliphatic carbocycles. The number of amides is 1. The van der Waals surface area contributed by atoms with Crippen LogP contribution in [0.15, 0.2) is 18.2 Å². The van der Waals surface area contributed by atoms with Crippen molar-refractivity contribution in [2.75, 3.05) is 18.9 Å². The van der Waals surface area contributed by atoms with E-state index in [1.165, 1.54) is 12.1 Å². The molecule has 0 aliphatic heterocycles. The molecule has 100 valence electrons. The van der Waals surface area contributed by atoms with Crippen LogP contribution in [0.5, 0.6) is 5.75 Å². The highest BCUT2D eigenvalue weighted by atomic mass is 16.3. The Bertz CT molecular complexity index is 407.